The van der Waals surface area contributed by atoms with Crippen LogP contribution in [0.4, 0.5) is 15.9 Å². The van der Waals surface area contributed by atoms with E-state index in [2.05, 4.69) is 10.3 Å². The van der Waals surface area contributed by atoms with Gasteiger partial charge in [-0.05, 0) is 49.2 Å². The number of nitrogens with one attached hydrogen (secondary N) is 1. The second-order valence-electron chi connectivity index (χ2n) is 7.88. The molecule has 5 rings (SSSR count). The van der Waals surface area contributed by atoms with Gasteiger partial charge in [-0.2, -0.15) is 0 Å². The summed E-state index contributed by atoms with van der Waals surface area (Å²) in [5.74, 6) is 3.79. The number of imidazole rings is 1. The van der Waals surface area contributed by atoms with Crippen molar-refractivity contribution < 1.29 is 23.3 Å². The van der Waals surface area contributed by atoms with Gasteiger partial charge in [0.2, 0.25) is 11.7 Å². The molecule has 1 aliphatic heterocycles. The minimum absolute atomic E-state index is 0.0185. The first-order chi connectivity index (χ1) is 16.6. The highest BCUT2D eigenvalue weighted by molar-refractivity contribution is 5.83. The number of hydrogen-bond donors (Lipinski definition) is 1. The summed E-state index contributed by atoms with van der Waals surface area (Å²) in [4.78, 5) is 9.29. The number of aromatic nitrogens is 3. The lowest BCUT2D eigenvalue weighted by Crippen LogP contribution is -2.15. The molecule has 1 N–H and O–H groups in total. The first kappa shape index (κ1) is 21.8. The Morgan fingerprint density at radius 3 is 2.56 bits per heavy atom. The standard InChI is InChI=1S/C25H25FN4O4/c1-15-12-18(32-9-7-26)13-16(2)22(15)23-24(30-21(31-3)6-8-27-25(30)29-23)28-17-4-5-19-20(14-17)34-11-10-33-19/h4-6,8,12-14,28H,7,9-11H2,1-3H3. The number of aryl methyl sites for hydroxylation is 2. The molecule has 0 aliphatic carbocycles. The molecule has 2 aromatic carbocycles. The van der Waals surface area contributed by atoms with E-state index in [9.17, 15) is 4.39 Å². The molecule has 0 unspecified atom stereocenters. The largest absolute Gasteiger partial charge is 0.491 e. The van der Waals surface area contributed by atoms with Crippen LogP contribution in [0.3, 0.4) is 0 Å². The van der Waals surface area contributed by atoms with E-state index < -0.39 is 6.67 Å². The second-order valence-corrected chi connectivity index (χ2v) is 7.88. The number of ether oxygens (including phenoxy) is 4. The van der Waals surface area contributed by atoms with Crippen LogP contribution in [-0.4, -0.2) is 48.0 Å². The number of fused-ring (bicyclic) bond motifs is 2. The lowest BCUT2D eigenvalue weighted by atomic mass is 9.99. The Labute approximate surface area is 196 Å². The zero-order valence-electron chi connectivity index (χ0n) is 19.2. The number of methoxy groups -OCH3 is 1. The number of hydrogen-bond acceptors (Lipinski definition) is 7. The van der Waals surface area contributed by atoms with Crippen LogP contribution < -0.4 is 24.3 Å². The van der Waals surface area contributed by atoms with Gasteiger partial charge in [-0.3, -0.25) is 0 Å². The number of anilines is 2. The van der Waals surface area contributed by atoms with Crippen LogP contribution in [0.15, 0.2) is 42.6 Å². The maximum atomic E-state index is 12.6. The highest BCUT2D eigenvalue weighted by atomic mass is 19.1. The van der Waals surface area contributed by atoms with E-state index in [4.69, 9.17) is 23.9 Å². The quantitative estimate of drug-likeness (QED) is 0.417. The van der Waals surface area contributed by atoms with Crippen LogP contribution >= 0.6 is 0 Å². The topological polar surface area (TPSA) is 79.1 Å². The predicted octanol–water partition coefficient (Wildman–Crippen LogP) is 4.88. The fraction of sp³-hybridized carbons (Fsp3) is 0.280. The van der Waals surface area contributed by atoms with Crippen molar-refractivity contribution in [3.8, 4) is 34.4 Å². The third kappa shape index (κ3) is 3.93. The van der Waals surface area contributed by atoms with E-state index in [1.165, 1.54) is 0 Å². The third-order valence-electron chi connectivity index (χ3n) is 5.59. The van der Waals surface area contributed by atoms with Gasteiger partial charge in [-0.25, -0.2) is 18.8 Å². The van der Waals surface area contributed by atoms with Crippen molar-refractivity contribution in [2.24, 2.45) is 0 Å². The Hall–Kier alpha value is -4.01. The van der Waals surface area contributed by atoms with E-state index in [0.29, 0.717) is 53.6 Å². The second kappa shape index (κ2) is 9.09. The SMILES string of the molecule is COc1ccnc2nc(-c3c(C)cc(OCCF)cc3C)c(Nc3ccc4c(c3)OCCO4)n12. The van der Waals surface area contributed by atoms with Crippen molar-refractivity contribution in [3.63, 3.8) is 0 Å². The molecule has 9 heteroatoms. The Morgan fingerprint density at radius 1 is 1.06 bits per heavy atom. The molecule has 0 atom stereocenters. The van der Waals surface area contributed by atoms with Gasteiger partial charge in [0.05, 0.1) is 7.11 Å². The minimum Gasteiger partial charge on any atom is -0.491 e. The zero-order chi connectivity index (χ0) is 23.7. The lowest BCUT2D eigenvalue weighted by Gasteiger charge is -2.19. The summed E-state index contributed by atoms with van der Waals surface area (Å²) >= 11 is 0. The van der Waals surface area contributed by atoms with Crippen molar-refractivity contribution in [1.82, 2.24) is 14.4 Å². The van der Waals surface area contributed by atoms with E-state index >= 15 is 0 Å². The average molecular weight is 464 g/mol. The Kier molecular flexibility index (Phi) is 5.83. The first-order valence-electron chi connectivity index (χ1n) is 11.0. The van der Waals surface area contributed by atoms with Crippen molar-refractivity contribution in [1.29, 1.82) is 0 Å². The molecule has 34 heavy (non-hydrogen) atoms. The molecule has 2 aromatic heterocycles. The lowest BCUT2D eigenvalue weighted by molar-refractivity contribution is 0.171. The molecular weight excluding hydrogens is 439 g/mol. The fourth-order valence-corrected chi connectivity index (χ4v) is 4.19. The normalized spacial score (nSPS) is 12.6. The summed E-state index contributed by atoms with van der Waals surface area (Å²) in [5, 5.41) is 3.49. The smallest absolute Gasteiger partial charge is 0.238 e. The molecule has 0 saturated carbocycles. The number of benzene rings is 2. The number of halogens is 1. The highest BCUT2D eigenvalue weighted by Crippen LogP contribution is 2.40. The maximum Gasteiger partial charge on any atom is 0.238 e. The van der Waals surface area contributed by atoms with Gasteiger partial charge < -0.3 is 24.3 Å². The molecule has 0 saturated heterocycles. The van der Waals surface area contributed by atoms with Crippen LogP contribution in [0.1, 0.15) is 11.1 Å². The molecule has 0 spiro atoms. The molecule has 3 heterocycles. The maximum absolute atomic E-state index is 12.6. The summed E-state index contributed by atoms with van der Waals surface area (Å²) in [7, 11) is 1.61. The zero-order valence-corrected chi connectivity index (χ0v) is 19.2. The summed E-state index contributed by atoms with van der Waals surface area (Å²) in [6.07, 6.45) is 1.66. The molecule has 0 radical (unpaired) electrons. The highest BCUT2D eigenvalue weighted by Gasteiger charge is 2.22. The van der Waals surface area contributed by atoms with Crippen LogP contribution in [0.2, 0.25) is 0 Å². The number of nitrogens with zero attached hydrogens (tertiary/aromatic N) is 3. The van der Waals surface area contributed by atoms with Crippen LogP contribution in [-0.2, 0) is 0 Å². The van der Waals surface area contributed by atoms with Crippen molar-refractivity contribution in [3.05, 3.63) is 53.7 Å². The molecule has 0 fully saturated rings. The van der Waals surface area contributed by atoms with Gasteiger partial charge in [-0.15, -0.1) is 0 Å². The van der Waals surface area contributed by atoms with Crippen molar-refractivity contribution in [2.45, 2.75) is 13.8 Å². The summed E-state index contributed by atoms with van der Waals surface area (Å²) < 4.78 is 36.9. The summed E-state index contributed by atoms with van der Waals surface area (Å²) in [6.45, 7) is 4.47. The molecule has 4 aromatic rings. The number of alkyl halides is 1. The van der Waals surface area contributed by atoms with Gasteiger partial charge in [0.25, 0.3) is 0 Å². The van der Waals surface area contributed by atoms with Gasteiger partial charge in [0.15, 0.2) is 11.5 Å². The Balaban J connectivity index is 1.66. The Morgan fingerprint density at radius 2 is 1.82 bits per heavy atom. The molecule has 0 bridgehead atoms. The van der Waals surface area contributed by atoms with Crippen molar-refractivity contribution in [2.75, 3.05) is 38.9 Å². The third-order valence-corrected chi connectivity index (χ3v) is 5.59. The monoisotopic (exact) mass is 464 g/mol. The number of rotatable bonds is 7. The molecule has 176 valence electrons. The van der Waals surface area contributed by atoms with Crippen molar-refractivity contribution >= 4 is 17.3 Å². The molecular formula is C25H25FN4O4. The van der Waals surface area contributed by atoms with E-state index in [-0.39, 0.29) is 6.61 Å². The summed E-state index contributed by atoms with van der Waals surface area (Å²) in [5.41, 5.74) is 4.33. The van der Waals surface area contributed by atoms with Gasteiger partial charge in [0.1, 0.15) is 43.8 Å². The molecule has 1 aliphatic rings. The first-order valence-corrected chi connectivity index (χ1v) is 11.0. The van der Waals surface area contributed by atoms with Crippen LogP contribution in [0, 0.1) is 13.8 Å². The van der Waals surface area contributed by atoms with E-state index in [1.807, 2.05) is 48.6 Å². The Bertz CT molecular complexity index is 1330. The summed E-state index contributed by atoms with van der Waals surface area (Å²) in [6, 6.07) is 11.3. The average Bonchev–Trinajstić information content (AvgIpc) is 3.20. The molecule has 8 nitrogen and oxygen atoms in total. The predicted molar refractivity (Wildman–Crippen MR) is 127 cm³/mol. The fourth-order valence-electron chi connectivity index (χ4n) is 4.19. The van der Waals surface area contributed by atoms with Crippen LogP contribution in [0.5, 0.6) is 23.1 Å². The van der Waals surface area contributed by atoms with Gasteiger partial charge in [0, 0.05) is 29.6 Å². The van der Waals surface area contributed by atoms with E-state index in [1.54, 1.807) is 19.4 Å². The van der Waals surface area contributed by atoms with E-state index in [0.717, 1.165) is 22.4 Å². The molecule has 0 amide bonds. The van der Waals surface area contributed by atoms with Gasteiger partial charge >= 0.3 is 0 Å². The van der Waals surface area contributed by atoms with Crippen LogP contribution in [0.25, 0.3) is 17.0 Å². The van der Waals surface area contributed by atoms with Gasteiger partial charge in [-0.1, -0.05) is 0 Å². The minimum atomic E-state index is -0.540.